The summed E-state index contributed by atoms with van der Waals surface area (Å²) in [6.45, 7) is -0.339. The summed E-state index contributed by atoms with van der Waals surface area (Å²) in [5, 5.41) is 0. The number of hydrogen-bond acceptors (Lipinski definition) is 3. The number of alkyl halides is 9. The Bertz CT molecular complexity index is 967. The maximum atomic E-state index is 13.0. The fraction of sp³-hybridized carbons (Fsp3) is 0.368. The van der Waals surface area contributed by atoms with Crippen LogP contribution in [0.3, 0.4) is 0 Å². The first kappa shape index (κ1) is 23.7. The van der Waals surface area contributed by atoms with Gasteiger partial charge in [-0.2, -0.15) is 39.5 Å². The molecule has 32 heavy (non-hydrogen) atoms. The molecule has 1 saturated heterocycles. The lowest BCUT2D eigenvalue weighted by Gasteiger charge is -2.19. The largest absolute Gasteiger partial charge is 0.472 e. The lowest BCUT2D eigenvalue weighted by Crippen LogP contribution is -2.31. The maximum Gasteiger partial charge on any atom is 0.416 e. The van der Waals surface area contributed by atoms with E-state index >= 15 is 0 Å². The average Bonchev–Trinajstić information content (AvgIpc) is 3.13. The van der Waals surface area contributed by atoms with Crippen molar-refractivity contribution in [2.24, 2.45) is 0 Å². The third-order valence-corrected chi connectivity index (χ3v) is 4.62. The minimum atomic E-state index is -5.11. The smallest absolute Gasteiger partial charge is 0.416 e. The molecule has 2 heterocycles. The predicted octanol–water partition coefficient (Wildman–Crippen LogP) is 5.43. The number of carbonyl (C=O) groups is 1. The van der Waals surface area contributed by atoms with Gasteiger partial charge in [0.2, 0.25) is 5.88 Å². The Labute approximate surface area is 174 Å². The maximum absolute atomic E-state index is 13.0. The number of likely N-dealkylation sites (tertiary alicyclic amines) is 1. The van der Waals surface area contributed by atoms with Crippen molar-refractivity contribution in [3.8, 4) is 5.88 Å². The molecule has 1 aromatic carbocycles. The average molecular weight is 472 g/mol. The van der Waals surface area contributed by atoms with Crippen molar-refractivity contribution in [1.29, 1.82) is 0 Å². The number of ether oxygens (including phenoxy) is 1. The highest BCUT2D eigenvalue weighted by Crippen LogP contribution is 2.37. The van der Waals surface area contributed by atoms with Gasteiger partial charge in [0.1, 0.15) is 6.10 Å². The lowest BCUT2D eigenvalue weighted by atomic mass is 10.0. The second-order valence-corrected chi connectivity index (χ2v) is 6.95. The Morgan fingerprint density at radius 1 is 0.875 bits per heavy atom. The Morgan fingerprint density at radius 2 is 1.44 bits per heavy atom. The van der Waals surface area contributed by atoms with Crippen LogP contribution in [0.25, 0.3) is 0 Å². The number of nitrogens with zero attached hydrogens (tertiary/aromatic N) is 2. The van der Waals surface area contributed by atoms with Crippen molar-refractivity contribution in [1.82, 2.24) is 9.88 Å². The summed E-state index contributed by atoms with van der Waals surface area (Å²) < 4.78 is 122. The van der Waals surface area contributed by atoms with Crippen LogP contribution in [0.15, 0.2) is 36.5 Å². The summed E-state index contributed by atoms with van der Waals surface area (Å²) in [7, 11) is 0. The molecule has 1 aliphatic heterocycles. The van der Waals surface area contributed by atoms with E-state index in [1.807, 2.05) is 0 Å². The predicted molar refractivity (Wildman–Crippen MR) is 90.6 cm³/mol. The summed E-state index contributed by atoms with van der Waals surface area (Å²) in [5.74, 6) is -1.47. The van der Waals surface area contributed by atoms with Crippen molar-refractivity contribution in [2.45, 2.75) is 31.1 Å². The summed E-state index contributed by atoms with van der Waals surface area (Å²) in [6, 6.07) is 1.92. The Balaban J connectivity index is 1.77. The zero-order valence-corrected chi connectivity index (χ0v) is 15.8. The third-order valence-electron chi connectivity index (χ3n) is 4.62. The van der Waals surface area contributed by atoms with Gasteiger partial charge in [0, 0.05) is 30.8 Å². The molecule has 1 unspecified atom stereocenters. The number of halogens is 9. The molecule has 174 valence electrons. The number of aromatic nitrogens is 1. The lowest BCUT2D eigenvalue weighted by molar-refractivity contribution is -0.143. The van der Waals surface area contributed by atoms with Crippen LogP contribution >= 0.6 is 0 Å². The fourth-order valence-electron chi connectivity index (χ4n) is 3.09. The highest BCUT2D eigenvalue weighted by atomic mass is 19.4. The number of amides is 1. The van der Waals surface area contributed by atoms with E-state index in [-0.39, 0.29) is 31.5 Å². The van der Waals surface area contributed by atoms with Crippen molar-refractivity contribution in [3.63, 3.8) is 0 Å². The normalized spacial score (nSPS) is 17.5. The summed E-state index contributed by atoms with van der Waals surface area (Å²) >= 11 is 0. The molecule has 1 aliphatic rings. The van der Waals surface area contributed by atoms with Gasteiger partial charge < -0.3 is 9.64 Å². The number of hydrogen-bond donors (Lipinski definition) is 0. The molecule has 3 rings (SSSR count). The third kappa shape index (κ3) is 5.43. The van der Waals surface area contributed by atoms with E-state index in [4.69, 9.17) is 4.74 Å². The number of pyridine rings is 1. The van der Waals surface area contributed by atoms with Crippen LogP contribution in [-0.4, -0.2) is 35.0 Å². The molecule has 13 heteroatoms. The molecule has 1 fully saturated rings. The van der Waals surface area contributed by atoms with Gasteiger partial charge in [-0.3, -0.25) is 4.79 Å². The van der Waals surface area contributed by atoms with E-state index in [1.165, 1.54) is 0 Å². The van der Waals surface area contributed by atoms with E-state index < -0.39 is 52.8 Å². The van der Waals surface area contributed by atoms with Crippen LogP contribution in [-0.2, 0) is 18.5 Å². The zero-order valence-electron chi connectivity index (χ0n) is 15.8. The minimum absolute atomic E-state index is 0.0833. The molecule has 1 aromatic heterocycles. The van der Waals surface area contributed by atoms with E-state index in [0.29, 0.717) is 18.2 Å². The zero-order chi connectivity index (χ0) is 23.9. The van der Waals surface area contributed by atoms with Crippen molar-refractivity contribution in [3.05, 3.63) is 58.8 Å². The second-order valence-electron chi connectivity index (χ2n) is 6.95. The van der Waals surface area contributed by atoms with Gasteiger partial charge in [-0.05, 0) is 24.3 Å². The number of carbonyl (C=O) groups excluding carboxylic acids is 1. The molecular formula is C19H13F9N2O2. The van der Waals surface area contributed by atoms with Crippen LogP contribution in [0, 0.1) is 0 Å². The van der Waals surface area contributed by atoms with Crippen LogP contribution < -0.4 is 4.74 Å². The Hall–Kier alpha value is -2.99. The highest BCUT2D eigenvalue weighted by Gasteiger charge is 2.39. The number of rotatable bonds is 3. The van der Waals surface area contributed by atoms with Crippen LogP contribution in [0.1, 0.15) is 33.5 Å². The minimum Gasteiger partial charge on any atom is -0.472 e. The molecule has 4 nitrogen and oxygen atoms in total. The molecule has 0 saturated carbocycles. The fourth-order valence-corrected chi connectivity index (χ4v) is 3.09. The summed E-state index contributed by atoms with van der Waals surface area (Å²) in [5.41, 5.74) is -5.09. The van der Waals surface area contributed by atoms with Gasteiger partial charge in [-0.15, -0.1) is 0 Å². The number of benzene rings is 1. The van der Waals surface area contributed by atoms with Crippen molar-refractivity contribution in [2.75, 3.05) is 13.1 Å². The summed E-state index contributed by atoms with van der Waals surface area (Å²) in [6.07, 6.45) is -14.7. The molecule has 2 aromatic rings. The molecule has 0 aliphatic carbocycles. The van der Waals surface area contributed by atoms with Crippen molar-refractivity contribution < 1.29 is 49.0 Å². The van der Waals surface area contributed by atoms with E-state index in [1.54, 1.807) is 0 Å². The molecule has 1 atom stereocenters. The monoisotopic (exact) mass is 472 g/mol. The van der Waals surface area contributed by atoms with Gasteiger partial charge in [-0.25, -0.2) is 4.98 Å². The molecule has 0 radical (unpaired) electrons. The quantitative estimate of drug-likeness (QED) is 0.560. The molecule has 0 spiro atoms. The Morgan fingerprint density at radius 3 is 1.97 bits per heavy atom. The van der Waals surface area contributed by atoms with Gasteiger partial charge in [0.25, 0.3) is 5.91 Å². The van der Waals surface area contributed by atoms with Crippen molar-refractivity contribution >= 4 is 5.91 Å². The topological polar surface area (TPSA) is 42.4 Å². The second kappa shape index (κ2) is 8.17. The summed E-state index contributed by atoms with van der Waals surface area (Å²) in [4.78, 5) is 17.2. The molecule has 0 bridgehead atoms. The first-order valence-electron chi connectivity index (χ1n) is 8.93. The highest BCUT2D eigenvalue weighted by molar-refractivity contribution is 5.95. The molecule has 0 N–H and O–H groups in total. The van der Waals surface area contributed by atoms with Crippen LogP contribution in [0.5, 0.6) is 5.88 Å². The Kier molecular flexibility index (Phi) is 6.04. The van der Waals surface area contributed by atoms with Gasteiger partial charge >= 0.3 is 18.5 Å². The van der Waals surface area contributed by atoms with Gasteiger partial charge in [0.15, 0.2) is 0 Å². The van der Waals surface area contributed by atoms with E-state index in [0.717, 1.165) is 17.2 Å². The standard InChI is InChI=1S/C19H13F9N2O2/c20-17(21,22)11-1-3-29-15(8-11)32-14-2-4-30(9-14)16(31)10-5-12(18(23,24)25)7-13(6-10)19(26,27)28/h1,3,5-8,14H,2,4,9H2. The molecule has 1 amide bonds. The first-order chi connectivity index (χ1) is 14.6. The van der Waals surface area contributed by atoms with E-state index in [2.05, 4.69) is 4.98 Å². The SMILES string of the molecule is O=C(c1cc(C(F)(F)F)cc(C(F)(F)F)c1)N1CCC(Oc2cc(C(F)(F)F)ccn2)C1. The van der Waals surface area contributed by atoms with Crippen LogP contribution in [0.4, 0.5) is 39.5 Å². The first-order valence-corrected chi connectivity index (χ1v) is 8.93. The van der Waals surface area contributed by atoms with Crippen LogP contribution in [0.2, 0.25) is 0 Å². The van der Waals surface area contributed by atoms with Gasteiger partial charge in [-0.1, -0.05) is 0 Å². The van der Waals surface area contributed by atoms with Gasteiger partial charge in [0.05, 0.1) is 23.2 Å². The molecular weight excluding hydrogens is 459 g/mol. The van der Waals surface area contributed by atoms with E-state index in [9.17, 15) is 44.3 Å².